The molecule has 0 radical (unpaired) electrons. The van der Waals surface area contributed by atoms with E-state index in [9.17, 15) is 0 Å². The second-order valence-corrected chi connectivity index (χ2v) is 8.58. The van der Waals surface area contributed by atoms with Crippen LogP contribution in [-0.4, -0.2) is 34.0 Å². The molecule has 2 aromatic heterocycles. The zero-order valence-corrected chi connectivity index (χ0v) is 18.6. The van der Waals surface area contributed by atoms with Gasteiger partial charge in [-0.1, -0.05) is 23.2 Å². The van der Waals surface area contributed by atoms with Crippen molar-refractivity contribution in [1.82, 2.24) is 14.5 Å². The van der Waals surface area contributed by atoms with E-state index < -0.39 is 0 Å². The van der Waals surface area contributed by atoms with Gasteiger partial charge in [-0.2, -0.15) is 0 Å². The summed E-state index contributed by atoms with van der Waals surface area (Å²) in [7, 11) is 1.70. The number of thioether (sulfide) groups is 1. The molecule has 0 saturated carbocycles. The molecule has 0 aliphatic rings. The standard InChI is InChI=1S/C20H24Cl2N4OS/c1-12-13(2)24-20(23)18-19(12)26(17(25-18)7-9-27-3)8-4-10-28-16-6-5-14(21)11-15(16)22/h5-6,11H,4,7-10H2,1-3H3,(H2,23,24). The van der Waals surface area contributed by atoms with Gasteiger partial charge in [-0.3, -0.25) is 0 Å². The lowest BCUT2D eigenvalue weighted by Crippen LogP contribution is -2.08. The molecule has 2 heterocycles. The third kappa shape index (κ3) is 4.57. The summed E-state index contributed by atoms with van der Waals surface area (Å²) in [4.78, 5) is 10.2. The topological polar surface area (TPSA) is 66.0 Å². The largest absolute Gasteiger partial charge is 0.384 e. The summed E-state index contributed by atoms with van der Waals surface area (Å²) < 4.78 is 7.52. The molecule has 5 nitrogen and oxygen atoms in total. The highest BCUT2D eigenvalue weighted by Crippen LogP contribution is 2.31. The summed E-state index contributed by atoms with van der Waals surface area (Å²) in [5.74, 6) is 2.40. The highest BCUT2D eigenvalue weighted by Gasteiger charge is 2.17. The highest BCUT2D eigenvalue weighted by atomic mass is 35.5. The Morgan fingerprint density at radius 1 is 1.21 bits per heavy atom. The zero-order chi connectivity index (χ0) is 20.3. The van der Waals surface area contributed by atoms with Crippen molar-refractivity contribution in [2.75, 3.05) is 25.2 Å². The summed E-state index contributed by atoms with van der Waals surface area (Å²) in [6.45, 7) is 5.52. The normalized spacial score (nSPS) is 11.5. The van der Waals surface area contributed by atoms with Crippen LogP contribution in [0.4, 0.5) is 5.82 Å². The molecule has 0 amide bonds. The van der Waals surface area contributed by atoms with E-state index >= 15 is 0 Å². The first-order chi connectivity index (χ1) is 13.4. The second kappa shape index (κ2) is 9.35. The zero-order valence-electron chi connectivity index (χ0n) is 16.3. The van der Waals surface area contributed by atoms with Gasteiger partial charge in [-0.25, -0.2) is 9.97 Å². The van der Waals surface area contributed by atoms with Crippen LogP contribution in [0.5, 0.6) is 0 Å². The van der Waals surface area contributed by atoms with E-state index in [1.165, 1.54) is 0 Å². The number of hydrogen-bond acceptors (Lipinski definition) is 5. The molecule has 8 heteroatoms. The van der Waals surface area contributed by atoms with Crippen LogP contribution in [-0.2, 0) is 17.7 Å². The van der Waals surface area contributed by atoms with Gasteiger partial charge in [0.15, 0.2) is 5.82 Å². The van der Waals surface area contributed by atoms with Gasteiger partial charge in [0.2, 0.25) is 0 Å². The summed E-state index contributed by atoms with van der Waals surface area (Å²) in [6, 6.07) is 5.61. The maximum atomic E-state index is 6.27. The molecule has 0 spiro atoms. The minimum Gasteiger partial charge on any atom is -0.384 e. The van der Waals surface area contributed by atoms with Crippen molar-refractivity contribution in [2.24, 2.45) is 0 Å². The first-order valence-electron chi connectivity index (χ1n) is 9.11. The highest BCUT2D eigenvalue weighted by molar-refractivity contribution is 7.99. The number of nitrogens with zero attached hydrogens (tertiary/aromatic N) is 3. The van der Waals surface area contributed by atoms with E-state index in [1.54, 1.807) is 24.9 Å². The molecular formula is C20H24Cl2N4OS. The SMILES string of the molecule is COCCc1nc2c(N)nc(C)c(C)c2n1CCCSc1ccc(Cl)cc1Cl. The van der Waals surface area contributed by atoms with Crippen molar-refractivity contribution >= 4 is 51.8 Å². The van der Waals surface area contributed by atoms with Crippen LogP contribution in [0.1, 0.15) is 23.5 Å². The van der Waals surface area contributed by atoms with E-state index in [0.29, 0.717) is 22.5 Å². The number of nitrogens with two attached hydrogens (primary N) is 1. The molecule has 28 heavy (non-hydrogen) atoms. The number of nitrogen functional groups attached to an aromatic ring is 1. The van der Waals surface area contributed by atoms with Crippen LogP contribution >= 0.6 is 35.0 Å². The van der Waals surface area contributed by atoms with Gasteiger partial charge in [0.25, 0.3) is 0 Å². The summed E-state index contributed by atoms with van der Waals surface area (Å²) in [5, 5.41) is 1.34. The number of aromatic nitrogens is 3. The molecule has 0 saturated heterocycles. The van der Waals surface area contributed by atoms with Gasteiger partial charge < -0.3 is 15.0 Å². The van der Waals surface area contributed by atoms with Crippen LogP contribution in [0, 0.1) is 13.8 Å². The smallest absolute Gasteiger partial charge is 0.151 e. The molecule has 0 atom stereocenters. The van der Waals surface area contributed by atoms with Gasteiger partial charge in [-0.15, -0.1) is 11.8 Å². The third-order valence-electron chi connectivity index (χ3n) is 4.68. The number of ether oxygens (including phenoxy) is 1. The maximum Gasteiger partial charge on any atom is 0.151 e. The lowest BCUT2D eigenvalue weighted by molar-refractivity contribution is 0.199. The predicted molar refractivity (Wildman–Crippen MR) is 119 cm³/mol. The minimum atomic E-state index is 0.484. The Hall–Kier alpha value is -1.47. The van der Waals surface area contributed by atoms with Gasteiger partial charge in [0.1, 0.15) is 11.3 Å². The summed E-state index contributed by atoms with van der Waals surface area (Å²) in [5.41, 5.74) is 10.1. The first-order valence-corrected chi connectivity index (χ1v) is 10.8. The van der Waals surface area contributed by atoms with Gasteiger partial charge >= 0.3 is 0 Å². The molecule has 3 rings (SSSR count). The number of anilines is 1. The van der Waals surface area contributed by atoms with Gasteiger partial charge in [0, 0.05) is 35.7 Å². The number of methoxy groups -OCH3 is 1. The number of pyridine rings is 1. The number of imidazole rings is 1. The second-order valence-electron chi connectivity index (χ2n) is 6.60. The molecular weight excluding hydrogens is 415 g/mol. The Kier molecular flexibility index (Phi) is 7.10. The van der Waals surface area contributed by atoms with E-state index in [2.05, 4.69) is 16.5 Å². The van der Waals surface area contributed by atoms with E-state index in [1.807, 2.05) is 19.1 Å². The number of rotatable bonds is 8. The molecule has 0 fully saturated rings. The van der Waals surface area contributed by atoms with Crippen molar-refractivity contribution in [2.45, 2.75) is 38.1 Å². The molecule has 1 aromatic carbocycles. The molecule has 0 unspecified atom stereocenters. The fraction of sp³-hybridized carbons (Fsp3) is 0.400. The molecule has 2 N–H and O–H groups in total. The van der Waals surface area contributed by atoms with Gasteiger partial charge in [0.05, 0.1) is 17.1 Å². The predicted octanol–water partition coefficient (Wildman–Crippen LogP) is 5.31. The van der Waals surface area contributed by atoms with Gasteiger partial charge in [-0.05, 0) is 49.8 Å². The average Bonchev–Trinajstić information content (AvgIpc) is 3.02. The Bertz CT molecular complexity index is 990. The molecule has 0 aliphatic carbocycles. The molecule has 150 valence electrons. The monoisotopic (exact) mass is 438 g/mol. The van der Waals surface area contributed by atoms with Crippen LogP contribution in [0.3, 0.4) is 0 Å². The van der Waals surface area contributed by atoms with E-state index in [0.717, 1.165) is 58.1 Å². The van der Waals surface area contributed by atoms with Crippen LogP contribution in [0.15, 0.2) is 23.1 Å². The summed E-state index contributed by atoms with van der Waals surface area (Å²) >= 11 is 14.0. The Morgan fingerprint density at radius 2 is 2.00 bits per heavy atom. The first kappa shape index (κ1) is 21.2. The number of hydrogen-bond donors (Lipinski definition) is 1. The lowest BCUT2D eigenvalue weighted by atomic mass is 10.2. The van der Waals surface area contributed by atoms with Crippen LogP contribution in [0.2, 0.25) is 10.0 Å². The number of halogens is 2. The molecule has 3 aromatic rings. The fourth-order valence-electron chi connectivity index (χ4n) is 3.17. The maximum absolute atomic E-state index is 6.27. The number of aryl methyl sites for hydroxylation is 3. The Balaban J connectivity index is 1.80. The van der Waals surface area contributed by atoms with Crippen molar-refractivity contribution in [3.63, 3.8) is 0 Å². The Labute approximate surface area is 179 Å². The van der Waals surface area contributed by atoms with E-state index in [4.69, 9.17) is 38.7 Å². The van der Waals surface area contributed by atoms with Crippen molar-refractivity contribution in [3.8, 4) is 0 Å². The molecule has 0 aliphatic heterocycles. The molecule has 0 bridgehead atoms. The Morgan fingerprint density at radius 3 is 2.71 bits per heavy atom. The minimum absolute atomic E-state index is 0.484. The summed E-state index contributed by atoms with van der Waals surface area (Å²) in [6.07, 6.45) is 1.70. The quantitative estimate of drug-likeness (QED) is 0.381. The van der Waals surface area contributed by atoms with Crippen molar-refractivity contribution < 1.29 is 4.74 Å². The van der Waals surface area contributed by atoms with Crippen LogP contribution < -0.4 is 5.73 Å². The van der Waals surface area contributed by atoms with Crippen molar-refractivity contribution in [3.05, 3.63) is 45.3 Å². The average molecular weight is 439 g/mol. The third-order valence-corrected chi connectivity index (χ3v) is 6.50. The fourth-order valence-corrected chi connectivity index (χ4v) is 4.60. The number of fused-ring (bicyclic) bond motifs is 1. The lowest BCUT2D eigenvalue weighted by Gasteiger charge is -2.12. The van der Waals surface area contributed by atoms with Crippen LogP contribution in [0.25, 0.3) is 11.0 Å². The van der Waals surface area contributed by atoms with Crippen molar-refractivity contribution in [1.29, 1.82) is 0 Å². The van der Waals surface area contributed by atoms with E-state index in [-0.39, 0.29) is 0 Å². The number of benzene rings is 1.